The van der Waals surface area contributed by atoms with Crippen LogP contribution in [0.4, 0.5) is 0 Å². The Morgan fingerprint density at radius 3 is 2.67 bits per heavy atom. The van der Waals surface area contributed by atoms with Gasteiger partial charge in [-0.15, -0.1) is 0 Å². The van der Waals surface area contributed by atoms with Crippen molar-refractivity contribution in [2.45, 2.75) is 25.9 Å². The summed E-state index contributed by atoms with van der Waals surface area (Å²) in [5, 5.41) is 9.03. The van der Waals surface area contributed by atoms with Gasteiger partial charge in [0.05, 0.1) is 11.1 Å². The van der Waals surface area contributed by atoms with Crippen molar-refractivity contribution in [3.63, 3.8) is 0 Å². The zero-order chi connectivity index (χ0) is 12.8. The van der Waals surface area contributed by atoms with Crippen LogP contribution in [0.3, 0.4) is 0 Å². The molecule has 1 saturated heterocycles. The summed E-state index contributed by atoms with van der Waals surface area (Å²) in [4.78, 5) is 2.46. The number of nitrogens with zero attached hydrogens (tertiary/aromatic N) is 1. The number of benzene rings is 1. The molecule has 0 spiro atoms. The van der Waals surface area contributed by atoms with E-state index in [1.54, 1.807) is 0 Å². The molecular formula is C14H20BrNO2. The number of hydrogen-bond acceptors (Lipinski definition) is 3. The minimum absolute atomic E-state index is 0.0622. The van der Waals surface area contributed by atoms with E-state index >= 15 is 0 Å². The molecule has 1 heterocycles. The first-order valence-electron chi connectivity index (χ1n) is 6.54. The van der Waals surface area contributed by atoms with Crippen molar-refractivity contribution in [1.29, 1.82) is 0 Å². The number of ether oxygens (including phenoxy) is 1. The summed E-state index contributed by atoms with van der Waals surface area (Å²) in [5.41, 5.74) is 0.894. The molecular weight excluding hydrogens is 294 g/mol. The Labute approximate surface area is 117 Å². The minimum Gasteiger partial charge on any atom is -0.491 e. The highest BCUT2D eigenvalue weighted by Gasteiger charge is 2.10. The predicted molar refractivity (Wildman–Crippen MR) is 75.9 cm³/mol. The van der Waals surface area contributed by atoms with E-state index in [2.05, 4.69) is 20.8 Å². The van der Waals surface area contributed by atoms with Gasteiger partial charge in [-0.2, -0.15) is 0 Å². The molecule has 18 heavy (non-hydrogen) atoms. The lowest BCUT2D eigenvalue weighted by atomic mass is 10.1. The Morgan fingerprint density at radius 1 is 1.22 bits per heavy atom. The fourth-order valence-electron chi connectivity index (χ4n) is 2.23. The number of piperidine rings is 1. The van der Waals surface area contributed by atoms with Gasteiger partial charge in [0.25, 0.3) is 0 Å². The van der Waals surface area contributed by atoms with Gasteiger partial charge in [-0.05, 0) is 59.6 Å². The molecule has 2 rings (SSSR count). The molecule has 0 atom stereocenters. The van der Waals surface area contributed by atoms with Crippen LogP contribution < -0.4 is 4.74 Å². The molecule has 1 aromatic carbocycles. The van der Waals surface area contributed by atoms with E-state index in [0.29, 0.717) is 0 Å². The standard InChI is InChI=1S/C14H20BrNO2/c15-13-10-12(11-17)4-5-14(13)18-9-8-16-6-2-1-3-7-16/h4-5,10,17H,1-3,6-9,11H2. The van der Waals surface area contributed by atoms with Crippen LogP contribution in [0.1, 0.15) is 24.8 Å². The highest BCUT2D eigenvalue weighted by atomic mass is 79.9. The largest absolute Gasteiger partial charge is 0.491 e. The molecule has 1 aromatic rings. The number of halogens is 1. The van der Waals surface area contributed by atoms with E-state index in [9.17, 15) is 0 Å². The van der Waals surface area contributed by atoms with Crippen LogP contribution in [0.15, 0.2) is 22.7 Å². The van der Waals surface area contributed by atoms with Gasteiger partial charge in [0.15, 0.2) is 0 Å². The number of rotatable bonds is 5. The van der Waals surface area contributed by atoms with Gasteiger partial charge in [-0.1, -0.05) is 12.5 Å². The average Bonchev–Trinajstić information content (AvgIpc) is 2.42. The van der Waals surface area contributed by atoms with Crippen molar-refractivity contribution in [3.8, 4) is 5.75 Å². The molecule has 0 aliphatic carbocycles. The third-order valence-electron chi connectivity index (χ3n) is 3.29. The smallest absolute Gasteiger partial charge is 0.133 e. The highest BCUT2D eigenvalue weighted by Crippen LogP contribution is 2.26. The molecule has 0 aromatic heterocycles. The van der Waals surface area contributed by atoms with E-state index in [0.717, 1.165) is 28.9 Å². The highest BCUT2D eigenvalue weighted by molar-refractivity contribution is 9.10. The normalized spacial score (nSPS) is 16.8. The number of aliphatic hydroxyl groups excluding tert-OH is 1. The van der Waals surface area contributed by atoms with E-state index in [4.69, 9.17) is 9.84 Å². The van der Waals surface area contributed by atoms with Gasteiger partial charge in [0.2, 0.25) is 0 Å². The fourth-order valence-corrected chi connectivity index (χ4v) is 2.77. The third kappa shape index (κ3) is 3.97. The Morgan fingerprint density at radius 2 is 2.00 bits per heavy atom. The quantitative estimate of drug-likeness (QED) is 0.907. The van der Waals surface area contributed by atoms with Crippen molar-refractivity contribution in [2.24, 2.45) is 0 Å². The van der Waals surface area contributed by atoms with E-state index in [1.807, 2.05) is 18.2 Å². The summed E-state index contributed by atoms with van der Waals surface area (Å²) in [6.07, 6.45) is 4.00. The summed E-state index contributed by atoms with van der Waals surface area (Å²) in [6.45, 7) is 4.18. The first-order valence-corrected chi connectivity index (χ1v) is 7.33. The lowest BCUT2D eigenvalue weighted by Crippen LogP contribution is -2.33. The van der Waals surface area contributed by atoms with Gasteiger partial charge >= 0.3 is 0 Å². The van der Waals surface area contributed by atoms with Gasteiger partial charge in [-0.25, -0.2) is 0 Å². The Balaban J connectivity index is 1.79. The van der Waals surface area contributed by atoms with E-state index < -0.39 is 0 Å². The molecule has 0 amide bonds. The zero-order valence-corrected chi connectivity index (χ0v) is 12.2. The molecule has 1 aliphatic rings. The van der Waals surface area contributed by atoms with Crippen molar-refractivity contribution >= 4 is 15.9 Å². The van der Waals surface area contributed by atoms with Crippen molar-refractivity contribution in [2.75, 3.05) is 26.2 Å². The molecule has 4 heteroatoms. The zero-order valence-electron chi connectivity index (χ0n) is 10.6. The van der Waals surface area contributed by atoms with Crippen LogP contribution >= 0.6 is 15.9 Å². The first kappa shape index (κ1) is 13.8. The fraction of sp³-hybridized carbons (Fsp3) is 0.571. The van der Waals surface area contributed by atoms with Gasteiger partial charge in [-0.3, -0.25) is 4.90 Å². The van der Waals surface area contributed by atoms with Gasteiger partial charge < -0.3 is 9.84 Å². The van der Waals surface area contributed by atoms with Crippen LogP contribution in [-0.2, 0) is 6.61 Å². The molecule has 0 bridgehead atoms. The second-order valence-electron chi connectivity index (χ2n) is 4.67. The maximum absolute atomic E-state index is 9.03. The molecule has 0 radical (unpaired) electrons. The van der Waals surface area contributed by atoms with E-state index in [1.165, 1.54) is 32.4 Å². The minimum atomic E-state index is 0.0622. The molecule has 100 valence electrons. The number of likely N-dealkylation sites (tertiary alicyclic amines) is 1. The number of hydrogen-bond donors (Lipinski definition) is 1. The Bertz CT molecular complexity index is 378. The van der Waals surface area contributed by atoms with Gasteiger partial charge in [0.1, 0.15) is 12.4 Å². The topological polar surface area (TPSA) is 32.7 Å². The van der Waals surface area contributed by atoms with Crippen LogP contribution in [0.5, 0.6) is 5.75 Å². The molecule has 1 aliphatic heterocycles. The maximum atomic E-state index is 9.03. The number of aliphatic hydroxyl groups is 1. The lowest BCUT2D eigenvalue weighted by Gasteiger charge is -2.26. The summed E-state index contributed by atoms with van der Waals surface area (Å²) >= 11 is 3.46. The second kappa shape index (κ2) is 7.12. The summed E-state index contributed by atoms with van der Waals surface area (Å²) in [5.74, 6) is 0.851. The lowest BCUT2D eigenvalue weighted by molar-refractivity contribution is 0.183. The van der Waals surface area contributed by atoms with Crippen LogP contribution in [0, 0.1) is 0 Å². The predicted octanol–water partition coefficient (Wildman–Crippen LogP) is 2.81. The van der Waals surface area contributed by atoms with Gasteiger partial charge in [0, 0.05) is 6.54 Å². The first-order chi connectivity index (χ1) is 8.79. The third-order valence-corrected chi connectivity index (χ3v) is 3.91. The Kier molecular flexibility index (Phi) is 5.47. The molecule has 0 saturated carbocycles. The molecule has 1 N–H and O–H groups in total. The maximum Gasteiger partial charge on any atom is 0.133 e. The van der Waals surface area contributed by atoms with E-state index in [-0.39, 0.29) is 6.61 Å². The monoisotopic (exact) mass is 313 g/mol. The molecule has 0 unspecified atom stereocenters. The van der Waals surface area contributed by atoms with Crippen LogP contribution in [0.2, 0.25) is 0 Å². The summed E-state index contributed by atoms with van der Waals surface area (Å²) in [6, 6.07) is 5.70. The molecule has 1 fully saturated rings. The molecule has 3 nitrogen and oxygen atoms in total. The summed E-state index contributed by atoms with van der Waals surface area (Å²) in [7, 11) is 0. The van der Waals surface area contributed by atoms with Crippen LogP contribution in [0.25, 0.3) is 0 Å². The van der Waals surface area contributed by atoms with Crippen molar-refractivity contribution in [1.82, 2.24) is 4.90 Å². The summed E-state index contributed by atoms with van der Waals surface area (Å²) < 4.78 is 6.68. The Hall–Kier alpha value is -0.580. The van der Waals surface area contributed by atoms with Crippen molar-refractivity contribution in [3.05, 3.63) is 28.2 Å². The van der Waals surface area contributed by atoms with Crippen LogP contribution in [-0.4, -0.2) is 36.2 Å². The second-order valence-corrected chi connectivity index (χ2v) is 5.53. The SMILES string of the molecule is OCc1ccc(OCCN2CCCCC2)c(Br)c1. The average molecular weight is 314 g/mol. The van der Waals surface area contributed by atoms with Crippen molar-refractivity contribution < 1.29 is 9.84 Å².